The Kier molecular flexibility index (Phi) is 8.95. The van der Waals surface area contributed by atoms with E-state index in [1.807, 2.05) is 0 Å². The lowest BCUT2D eigenvalue weighted by Gasteiger charge is -2.40. The summed E-state index contributed by atoms with van der Waals surface area (Å²) in [6.45, 7) is 9.26. The second-order valence-electron chi connectivity index (χ2n) is 9.78. The van der Waals surface area contributed by atoms with Gasteiger partial charge < -0.3 is 28.4 Å². The smallest absolute Gasteiger partial charge is 0.338 e. The maximum absolute atomic E-state index is 12.8. The Morgan fingerprint density at radius 2 is 1.11 bits per heavy atom. The van der Waals surface area contributed by atoms with Gasteiger partial charge in [-0.25, -0.2) is 9.59 Å². The third-order valence-electron chi connectivity index (χ3n) is 7.23. The van der Waals surface area contributed by atoms with Crippen molar-refractivity contribution in [3.63, 3.8) is 0 Å². The minimum absolute atomic E-state index is 0.0972. The van der Waals surface area contributed by atoms with Gasteiger partial charge in [-0.15, -0.1) is 0 Å². The van der Waals surface area contributed by atoms with E-state index < -0.39 is 11.9 Å². The zero-order chi connectivity index (χ0) is 25.4. The van der Waals surface area contributed by atoms with Gasteiger partial charge in [-0.1, -0.05) is 38.1 Å². The Hall–Kier alpha value is -2.52. The molecule has 0 N–H and O–H groups in total. The topological polar surface area (TPSA) is 89.5 Å². The van der Waals surface area contributed by atoms with Crippen LogP contribution in [0.5, 0.6) is 0 Å². The van der Waals surface area contributed by atoms with Crippen LogP contribution in [0.3, 0.4) is 0 Å². The van der Waals surface area contributed by atoms with Crippen LogP contribution in [-0.4, -0.2) is 78.0 Å². The standard InChI is InChI=1S/C28H36O8/c1-3-27(17-33-18-27)15-31-11-13-35-25(29)23-9-5-8-22-21(23)7-6-10-24(22)26(30)36-14-12-32-16-28(4-2)19-34-20-28/h5-10H,3-4,11-20H2,1-2H3. The first-order valence-corrected chi connectivity index (χ1v) is 12.7. The molecule has 4 rings (SSSR count). The Labute approximate surface area is 212 Å². The molecular formula is C28H36O8. The van der Waals surface area contributed by atoms with E-state index in [2.05, 4.69) is 13.8 Å². The molecule has 8 heteroatoms. The molecule has 2 aliphatic rings. The quantitative estimate of drug-likeness (QED) is 0.284. The molecule has 2 aromatic carbocycles. The predicted molar refractivity (Wildman–Crippen MR) is 133 cm³/mol. The van der Waals surface area contributed by atoms with Crippen LogP contribution in [0, 0.1) is 10.8 Å². The van der Waals surface area contributed by atoms with Crippen molar-refractivity contribution in [1.82, 2.24) is 0 Å². The van der Waals surface area contributed by atoms with Crippen molar-refractivity contribution in [2.24, 2.45) is 10.8 Å². The SMILES string of the molecule is CCC1(COCCOC(=O)c2cccc3c(C(=O)OCCOCC4(CC)COC4)cccc23)COC1. The molecule has 0 amide bonds. The molecule has 8 nitrogen and oxygen atoms in total. The summed E-state index contributed by atoms with van der Waals surface area (Å²) >= 11 is 0. The van der Waals surface area contributed by atoms with Crippen molar-refractivity contribution in [3.05, 3.63) is 47.5 Å². The maximum Gasteiger partial charge on any atom is 0.338 e. The normalized spacial score (nSPS) is 17.7. The Bertz CT molecular complexity index is 947. The molecule has 36 heavy (non-hydrogen) atoms. The average molecular weight is 501 g/mol. The lowest BCUT2D eigenvalue weighted by Crippen LogP contribution is -2.45. The van der Waals surface area contributed by atoms with E-state index in [4.69, 9.17) is 28.4 Å². The molecule has 0 aromatic heterocycles. The van der Waals surface area contributed by atoms with E-state index in [1.54, 1.807) is 36.4 Å². The molecule has 2 aliphatic heterocycles. The van der Waals surface area contributed by atoms with Gasteiger partial charge in [0.05, 0.1) is 64.0 Å². The number of fused-ring (bicyclic) bond motifs is 1. The molecule has 0 radical (unpaired) electrons. The zero-order valence-electron chi connectivity index (χ0n) is 21.2. The lowest BCUT2D eigenvalue weighted by molar-refractivity contribution is -0.151. The highest BCUT2D eigenvalue weighted by atomic mass is 16.6. The summed E-state index contributed by atoms with van der Waals surface area (Å²) in [6.07, 6.45) is 1.99. The molecule has 196 valence electrons. The molecule has 0 bridgehead atoms. The van der Waals surface area contributed by atoms with E-state index in [0.717, 1.165) is 12.8 Å². The summed E-state index contributed by atoms with van der Waals surface area (Å²) in [6, 6.07) is 10.5. The second-order valence-corrected chi connectivity index (χ2v) is 9.78. The average Bonchev–Trinajstić information content (AvgIpc) is 2.85. The van der Waals surface area contributed by atoms with Crippen LogP contribution in [0.25, 0.3) is 10.8 Å². The number of esters is 2. The summed E-state index contributed by atoms with van der Waals surface area (Å²) in [5, 5.41) is 1.28. The molecule has 2 aromatic rings. The highest BCUT2D eigenvalue weighted by Gasteiger charge is 2.37. The molecule has 2 heterocycles. The fraction of sp³-hybridized carbons (Fsp3) is 0.571. The van der Waals surface area contributed by atoms with Crippen molar-refractivity contribution >= 4 is 22.7 Å². The van der Waals surface area contributed by atoms with Gasteiger partial charge in [0, 0.05) is 10.8 Å². The van der Waals surface area contributed by atoms with Crippen LogP contribution in [0.4, 0.5) is 0 Å². The summed E-state index contributed by atoms with van der Waals surface area (Å²) in [4.78, 5) is 25.5. The zero-order valence-corrected chi connectivity index (χ0v) is 21.2. The monoisotopic (exact) mass is 500 g/mol. The Balaban J connectivity index is 1.27. The summed E-state index contributed by atoms with van der Waals surface area (Å²) < 4.78 is 32.9. The van der Waals surface area contributed by atoms with E-state index >= 15 is 0 Å². The number of carbonyl (C=O) groups excluding carboxylic acids is 2. The molecule has 2 saturated heterocycles. The van der Waals surface area contributed by atoms with E-state index in [-0.39, 0.29) is 24.0 Å². The van der Waals surface area contributed by atoms with E-state index in [9.17, 15) is 9.59 Å². The molecule has 0 saturated carbocycles. The van der Waals surface area contributed by atoms with E-state index in [1.165, 1.54) is 0 Å². The number of benzene rings is 2. The third kappa shape index (κ3) is 6.06. The van der Waals surface area contributed by atoms with Gasteiger partial charge in [0.1, 0.15) is 13.2 Å². The van der Waals surface area contributed by atoms with Crippen LogP contribution >= 0.6 is 0 Å². The lowest BCUT2D eigenvalue weighted by atomic mass is 9.84. The minimum atomic E-state index is -0.454. The van der Waals surface area contributed by atoms with E-state index in [0.29, 0.717) is 74.8 Å². The van der Waals surface area contributed by atoms with Gasteiger partial charge >= 0.3 is 11.9 Å². The number of rotatable bonds is 14. The fourth-order valence-electron chi connectivity index (χ4n) is 4.35. The molecule has 0 spiro atoms. The number of hydrogen-bond acceptors (Lipinski definition) is 8. The molecule has 0 atom stereocenters. The number of ether oxygens (including phenoxy) is 6. The highest BCUT2D eigenvalue weighted by Crippen LogP contribution is 2.32. The third-order valence-corrected chi connectivity index (χ3v) is 7.23. The van der Waals surface area contributed by atoms with Crippen molar-refractivity contribution < 1.29 is 38.0 Å². The summed E-state index contributed by atoms with van der Waals surface area (Å²) in [7, 11) is 0. The van der Waals surface area contributed by atoms with Crippen LogP contribution in [0.15, 0.2) is 36.4 Å². The summed E-state index contributed by atoms with van der Waals surface area (Å²) in [5.74, 6) is -0.907. The largest absolute Gasteiger partial charge is 0.460 e. The van der Waals surface area contributed by atoms with Crippen molar-refractivity contribution in [3.8, 4) is 0 Å². The molecule has 0 unspecified atom stereocenters. The molecule has 0 aliphatic carbocycles. The van der Waals surface area contributed by atoms with Gasteiger partial charge in [0.2, 0.25) is 0 Å². The Morgan fingerprint density at radius 1 is 0.694 bits per heavy atom. The maximum atomic E-state index is 12.8. The first kappa shape index (κ1) is 26.5. The van der Waals surface area contributed by atoms with Crippen LogP contribution in [0.2, 0.25) is 0 Å². The highest BCUT2D eigenvalue weighted by molar-refractivity contribution is 6.11. The fourth-order valence-corrected chi connectivity index (χ4v) is 4.35. The van der Waals surface area contributed by atoms with Gasteiger partial charge in [0.25, 0.3) is 0 Å². The van der Waals surface area contributed by atoms with Crippen molar-refractivity contribution in [2.45, 2.75) is 26.7 Å². The molecular weight excluding hydrogens is 464 g/mol. The molecule has 2 fully saturated rings. The van der Waals surface area contributed by atoms with Crippen molar-refractivity contribution in [1.29, 1.82) is 0 Å². The minimum Gasteiger partial charge on any atom is -0.460 e. The Morgan fingerprint density at radius 3 is 1.44 bits per heavy atom. The predicted octanol–water partition coefficient (Wildman–Crippen LogP) is 4.04. The summed E-state index contributed by atoms with van der Waals surface area (Å²) in [5.41, 5.74) is 0.992. The van der Waals surface area contributed by atoms with Gasteiger partial charge in [-0.3, -0.25) is 0 Å². The number of hydrogen-bond donors (Lipinski definition) is 0. The van der Waals surface area contributed by atoms with Crippen LogP contribution in [0.1, 0.15) is 47.4 Å². The van der Waals surface area contributed by atoms with Gasteiger partial charge in [-0.2, -0.15) is 0 Å². The second kappa shape index (κ2) is 12.1. The van der Waals surface area contributed by atoms with Crippen LogP contribution in [-0.2, 0) is 28.4 Å². The first-order valence-electron chi connectivity index (χ1n) is 12.7. The van der Waals surface area contributed by atoms with Crippen molar-refractivity contribution in [2.75, 3.05) is 66.1 Å². The number of carbonyl (C=O) groups is 2. The van der Waals surface area contributed by atoms with Gasteiger partial charge in [-0.05, 0) is 35.7 Å². The van der Waals surface area contributed by atoms with Gasteiger partial charge in [0.15, 0.2) is 0 Å². The first-order chi connectivity index (χ1) is 17.5. The van der Waals surface area contributed by atoms with Crippen LogP contribution < -0.4 is 0 Å².